The van der Waals surface area contributed by atoms with Gasteiger partial charge < -0.3 is 4.74 Å². The van der Waals surface area contributed by atoms with E-state index in [9.17, 15) is 9.59 Å². The number of carbonyl (C=O) groups is 1. The first-order chi connectivity index (χ1) is 10.5. The Morgan fingerprint density at radius 3 is 3.00 bits per heavy atom. The fraction of sp³-hybridized carbons (Fsp3) is 0.333. The molecule has 7 heteroatoms. The van der Waals surface area contributed by atoms with Crippen LogP contribution in [0.1, 0.15) is 28.5 Å². The summed E-state index contributed by atoms with van der Waals surface area (Å²) in [6.45, 7) is 5.68. The van der Waals surface area contributed by atoms with Crippen LogP contribution >= 0.6 is 0 Å². The zero-order valence-electron chi connectivity index (χ0n) is 12.6. The summed E-state index contributed by atoms with van der Waals surface area (Å²) in [6, 6.07) is 3.48. The number of rotatable bonds is 1. The molecule has 1 aliphatic heterocycles. The number of nitrogens with one attached hydrogen (secondary N) is 1. The molecular weight excluding hydrogens is 284 g/mol. The standard InChI is InChI=1S/C15H16N4O3/c1-8-7-19(11-5-4-6-16-14(11)22-8)15(21)12-9(2)10(3)17-18-13(12)20/h4-6,8H,7H2,1-3H3,(H,18,20). The van der Waals surface area contributed by atoms with Crippen LogP contribution in [0.15, 0.2) is 23.1 Å². The number of hydrogen-bond donors (Lipinski definition) is 1. The SMILES string of the molecule is Cc1n[nH]c(=O)c(C(=O)N2CC(C)Oc3ncccc32)c1C. The van der Waals surface area contributed by atoms with E-state index in [1.807, 2.05) is 6.92 Å². The first kappa shape index (κ1) is 14.2. The van der Waals surface area contributed by atoms with Crippen LogP contribution in [0, 0.1) is 13.8 Å². The van der Waals surface area contributed by atoms with Gasteiger partial charge in [0.2, 0.25) is 5.88 Å². The molecule has 3 rings (SSSR count). The van der Waals surface area contributed by atoms with Crippen molar-refractivity contribution in [2.24, 2.45) is 0 Å². The molecule has 1 N–H and O–H groups in total. The molecule has 0 spiro atoms. The highest BCUT2D eigenvalue weighted by molar-refractivity contribution is 6.07. The van der Waals surface area contributed by atoms with Gasteiger partial charge >= 0.3 is 0 Å². The molecule has 1 amide bonds. The third kappa shape index (κ3) is 2.24. The van der Waals surface area contributed by atoms with Gasteiger partial charge in [-0.1, -0.05) is 0 Å². The molecule has 2 aromatic heterocycles. The normalized spacial score (nSPS) is 16.9. The second-order valence-electron chi connectivity index (χ2n) is 5.31. The lowest BCUT2D eigenvalue weighted by Gasteiger charge is -2.32. The van der Waals surface area contributed by atoms with Crippen LogP contribution in [0.25, 0.3) is 0 Å². The van der Waals surface area contributed by atoms with Crippen molar-refractivity contribution in [3.8, 4) is 5.88 Å². The minimum atomic E-state index is -0.488. The van der Waals surface area contributed by atoms with Crippen molar-refractivity contribution in [2.75, 3.05) is 11.4 Å². The number of aromatic amines is 1. The molecule has 3 heterocycles. The molecule has 1 atom stereocenters. The first-order valence-electron chi connectivity index (χ1n) is 6.98. The van der Waals surface area contributed by atoms with E-state index in [4.69, 9.17) is 4.74 Å². The van der Waals surface area contributed by atoms with Crippen LogP contribution in [0.5, 0.6) is 5.88 Å². The van der Waals surface area contributed by atoms with E-state index in [1.165, 1.54) is 4.90 Å². The Kier molecular flexibility index (Phi) is 3.40. The first-order valence-corrected chi connectivity index (χ1v) is 6.98. The second-order valence-corrected chi connectivity index (χ2v) is 5.31. The lowest BCUT2D eigenvalue weighted by Crippen LogP contribution is -2.44. The number of anilines is 1. The van der Waals surface area contributed by atoms with Gasteiger partial charge in [-0.2, -0.15) is 5.10 Å². The van der Waals surface area contributed by atoms with E-state index >= 15 is 0 Å². The Labute approximate surface area is 126 Å². The summed E-state index contributed by atoms with van der Waals surface area (Å²) in [5.41, 5.74) is 1.39. The summed E-state index contributed by atoms with van der Waals surface area (Å²) < 4.78 is 5.63. The molecule has 114 valence electrons. The monoisotopic (exact) mass is 300 g/mol. The molecule has 0 saturated carbocycles. The summed E-state index contributed by atoms with van der Waals surface area (Å²) in [4.78, 5) is 30.6. The van der Waals surface area contributed by atoms with Gasteiger partial charge in [0.05, 0.1) is 12.2 Å². The molecule has 0 radical (unpaired) electrons. The topological polar surface area (TPSA) is 88.2 Å². The molecule has 0 aliphatic carbocycles. The summed E-state index contributed by atoms with van der Waals surface area (Å²) in [7, 11) is 0. The molecule has 0 saturated heterocycles. The van der Waals surface area contributed by atoms with Crippen molar-refractivity contribution in [3.05, 3.63) is 45.5 Å². The van der Waals surface area contributed by atoms with Crippen molar-refractivity contribution >= 4 is 11.6 Å². The Morgan fingerprint density at radius 1 is 1.45 bits per heavy atom. The number of aromatic nitrogens is 3. The molecule has 0 aromatic carbocycles. The van der Waals surface area contributed by atoms with Gasteiger partial charge in [0.25, 0.3) is 11.5 Å². The van der Waals surface area contributed by atoms with Crippen LogP contribution in [0.4, 0.5) is 5.69 Å². The fourth-order valence-corrected chi connectivity index (χ4v) is 2.47. The quantitative estimate of drug-likeness (QED) is 0.855. The van der Waals surface area contributed by atoms with Crippen molar-refractivity contribution < 1.29 is 9.53 Å². The highest BCUT2D eigenvalue weighted by atomic mass is 16.5. The molecule has 2 aromatic rings. The van der Waals surface area contributed by atoms with E-state index in [0.717, 1.165) is 0 Å². The fourth-order valence-electron chi connectivity index (χ4n) is 2.47. The van der Waals surface area contributed by atoms with Crippen molar-refractivity contribution in [3.63, 3.8) is 0 Å². The summed E-state index contributed by atoms with van der Waals surface area (Å²) >= 11 is 0. The predicted octanol–water partition coefficient (Wildman–Crippen LogP) is 1.21. The summed E-state index contributed by atoms with van der Waals surface area (Å²) in [5.74, 6) is 0.0307. The molecule has 0 fully saturated rings. The highest BCUT2D eigenvalue weighted by Gasteiger charge is 2.31. The van der Waals surface area contributed by atoms with Gasteiger partial charge in [-0.25, -0.2) is 10.1 Å². The van der Waals surface area contributed by atoms with Crippen molar-refractivity contribution in [1.82, 2.24) is 15.2 Å². The Morgan fingerprint density at radius 2 is 2.23 bits per heavy atom. The number of pyridine rings is 1. The molecule has 1 unspecified atom stereocenters. The van der Waals surface area contributed by atoms with E-state index in [1.54, 1.807) is 32.2 Å². The molecule has 22 heavy (non-hydrogen) atoms. The predicted molar refractivity (Wildman–Crippen MR) is 80.3 cm³/mol. The van der Waals surface area contributed by atoms with Crippen LogP contribution in [0.3, 0.4) is 0 Å². The maximum Gasteiger partial charge on any atom is 0.277 e. The number of H-pyrrole nitrogens is 1. The van der Waals surface area contributed by atoms with E-state index in [-0.39, 0.29) is 17.6 Å². The number of amides is 1. The van der Waals surface area contributed by atoms with Crippen molar-refractivity contribution in [1.29, 1.82) is 0 Å². The third-order valence-electron chi connectivity index (χ3n) is 3.72. The third-order valence-corrected chi connectivity index (χ3v) is 3.72. The molecule has 1 aliphatic rings. The largest absolute Gasteiger partial charge is 0.471 e. The number of ether oxygens (including phenoxy) is 1. The minimum Gasteiger partial charge on any atom is -0.471 e. The average Bonchev–Trinajstić information content (AvgIpc) is 2.50. The number of fused-ring (bicyclic) bond motifs is 1. The Balaban J connectivity index is 2.11. The Hall–Kier alpha value is -2.70. The average molecular weight is 300 g/mol. The van der Waals surface area contributed by atoms with Gasteiger partial charge in [0.15, 0.2) is 0 Å². The van der Waals surface area contributed by atoms with Gasteiger partial charge in [-0.3, -0.25) is 14.5 Å². The molecule has 7 nitrogen and oxygen atoms in total. The second kappa shape index (κ2) is 5.25. The molecular formula is C15H16N4O3. The van der Waals surface area contributed by atoms with E-state index in [2.05, 4.69) is 15.2 Å². The lowest BCUT2D eigenvalue weighted by atomic mass is 10.1. The zero-order chi connectivity index (χ0) is 15.9. The summed E-state index contributed by atoms with van der Waals surface area (Å²) in [5, 5.41) is 6.24. The van der Waals surface area contributed by atoms with Crippen LogP contribution < -0.4 is 15.2 Å². The smallest absolute Gasteiger partial charge is 0.277 e. The molecule has 0 bridgehead atoms. The van der Waals surface area contributed by atoms with Gasteiger partial charge in [0, 0.05) is 6.20 Å². The van der Waals surface area contributed by atoms with Crippen LogP contribution in [0.2, 0.25) is 0 Å². The van der Waals surface area contributed by atoms with Crippen LogP contribution in [-0.2, 0) is 0 Å². The lowest BCUT2D eigenvalue weighted by molar-refractivity contribution is 0.0956. The van der Waals surface area contributed by atoms with Crippen molar-refractivity contribution in [2.45, 2.75) is 26.9 Å². The zero-order valence-corrected chi connectivity index (χ0v) is 12.6. The number of nitrogens with zero attached hydrogens (tertiary/aromatic N) is 3. The number of carbonyl (C=O) groups excluding carboxylic acids is 1. The summed E-state index contributed by atoms with van der Waals surface area (Å²) in [6.07, 6.45) is 1.41. The maximum atomic E-state index is 12.9. The van der Waals surface area contributed by atoms with Gasteiger partial charge in [0.1, 0.15) is 17.4 Å². The Bertz CT molecular complexity index is 800. The number of hydrogen-bond acceptors (Lipinski definition) is 5. The van der Waals surface area contributed by atoms with E-state index < -0.39 is 5.56 Å². The maximum absolute atomic E-state index is 12.9. The van der Waals surface area contributed by atoms with Crippen LogP contribution in [-0.4, -0.2) is 33.7 Å². The van der Waals surface area contributed by atoms with Gasteiger partial charge in [-0.05, 0) is 38.5 Å². The van der Waals surface area contributed by atoms with Gasteiger partial charge in [-0.15, -0.1) is 0 Å². The number of aryl methyl sites for hydroxylation is 1. The highest BCUT2D eigenvalue weighted by Crippen LogP contribution is 2.31. The van der Waals surface area contributed by atoms with E-state index in [0.29, 0.717) is 29.4 Å². The minimum absolute atomic E-state index is 0.108.